The van der Waals surface area contributed by atoms with E-state index in [1.807, 2.05) is 0 Å². The highest BCUT2D eigenvalue weighted by molar-refractivity contribution is 6.80. The predicted molar refractivity (Wildman–Crippen MR) is 47.9 cm³/mol. The first-order chi connectivity index (χ1) is 4.56. The molecule has 10 heavy (non-hydrogen) atoms. The lowest BCUT2D eigenvalue weighted by Gasteiger charge is -2.25. The highest BCUT2D eigenvalue weighted by Crippen LogP contribution is 2.71. The zero-order chi connectivity index (χ0) is 7.41. The summed E-state index contributed by atoms with van der Waals surface area (Å²) >= 11 is 0. The molecule has 56 valence electrons. The highest BCUT2D eigenvalue weighted by atomic mass is 28.3. The Labute approximate surface area is 64.3 Å². The molecule has 0 amide bonds. The van der Waals surface area contributed by atoms with Crippen LogP contribution in [-0.2, 0) is 0 Å². The largest absolute Gasteiger partial charge is 0.0880 e. The molecular weight excluding hydrogens is 136 g/mol. The fourth-order valence-corrected chi connectivity index (χ4v) is 5.28. The van der Waals surface area contributed by atoms with E-state index in [1.165, 1.54) is 12.8 Å². The van der Waals surface area contributed by atoms with Gasteiger partial charge in [0.25, 0.3) is 0 Å². The molecule has 2 atom stereocenters. The molecule has 1 fully saturated rings. The van der Waals surface area contributed by atoms with E-state index >= 15 is 0 Å². The summed E-state index contributed by atoms with van der Waals surface area (Å²) in [5.41, 5.74) is 0. The molecule has 1 heteroatoms. The van der Waals surface area contributed by atoms with Crippen LogP contribution in [0.2, 0.25) is 24.7 Å². The maximum absolute atomic E-state index is 2.52. The third-order valence-corrected chi connectivity index (χ3v) is 6.96. The summed E-state index contributed by atoms with van der Waals surface area (Å²) in [4.78, 5) is 0. The van der Waals surface area contributed by atoms with E-state index in [1.54, 1.807) is 0 Å². The molecule has 1 unspecified atom stereocenters. The lowest BCUT2D eigenvalue weighted by molar-refractivity contribution is 0.848. The van der Waals surface area contributed by atoms with Gasteiger partial charge in [-0.1, -0.05) is 31.8 Å². The van der Waals surface area contributed by atoms with Gasteiger partial charge >= 0.3 is 0 Å². The van der Waals surface area contributed by atoms with Crippen molar-refractivity contribution in [2.75, 3.05) is 0 Å². The first-order valence-electron chi connectivity index (χ1n) is 4.24. The van der Waals surface area contributed by atoms with Crippen LogP contribution in [0.4, 0.5) is 0 Å². The molecule has 0 saturated heterocycles. The molecule has 0 bridgehead atoms. The summed E-state index contributed by atoms with van der Waals surface area (Å²) < 4.78 is 0. The van der Waals surface area contributed by atoms with Gasteiger partial charge in [-0.2, -0.15) is 0 Å². The Balaban J connectivity index is 2.27. The van der Waals surface area contributed by atoms with Gasteiger partial charge in [-0.05, 0) is 23.8 Å². The SMILES string of the molecule is C[Si](C)(C)[C@]12C=CCC1C2. The van der Waals surface area contributed by atoms with Gasteiger partial charge in [0.2, 0.25) is 0 Å². The van der Waals surface area contributed by atoms with E-state index < -0.39 is 8.07 Å². The van der Waals surface area contributed by atoms with Crippen molar-refractivity contribution in [1.29, 1.82) is 0 Å². The van der Waals surface area contributed by atoms with Crippen LogP contribution in [0.3, 0.4) is 0 Å². The summed E-state index contributed by atoms with van der Waals surface area (Å²) in [5.74, 6) is 1.07. The van der Waals surface area contributed by atoms with E-state index in [9.17, 15) is 0 Å². The lowest BCUT2D eigenvalue weighted by Crippen LogP contribution is -2.28. The topological polar surface area (TPSA) is 0 Å². The van der Waals surface area contributed by atoms with Gasteiger partial charge in [0.1, 0.15) is 0 Å². The van der Waals surface area contributed by atoms with Crippen LogP contribution in [0.25, 0.3) is 0 Å². The molecule has 0 N–H and O–H groups in total. The summed E-state index contributed by atoms with van der Waals surface area (Å²) in [5, 5.41) is 0.757. The number of rotatable bonds is 1. The highest BCUT2D eigenvalue weighted by Gasteiger charge is 2.60. The number of hydrogen-bond acceptors (Lipinski definition) is 0. The third kappa shape index (κ3) is 0.618. The van der Waals surface area contributed by atoms with Crippen molar-refractivity contribution in [3.8, 4) is 0 Å². The standard InChI is InChI=1S/C9H16Si/c1-10(2,3)9-6-4-5-8(9)7-9/h4,6,8H,5,7H2,1-3H3/t8?,9-/m0/s1. The summed E-state index contributed by atoms with van der Waals surface area (Å²) in [6.07, 6.45) is 7.81. The molecular formula is C9H16Si. The van der Waals surface area contributed by atoms with Crippen molar-refractivity contribution >= 4 is 8.07 Å². The second-order valence-electron chi connectivity index (χ2n) is 4.83. The van der Waals surface area contributed by atoms with Crippen molar-refractivity contribution in [3.05, 3.63) is 12.2 Å². The van der Waals surface area contributed by atoms with E-state index in [0.717, 1.165) is 11.0 Å². The Kier molecular flexibility index (Phi) is 1.05. The van der Waals surface area contributed by atoms with E-state index in [4.69, 9.17) is 0 Å². The first-order valence-corrected chi connectivity index (χ1v) is 7.74. The predicted octanol–water partition coefficient (Wildman–Crippen LogP) is 3.04. The fourth-order valence-electron chi connectivity index (χ4n) is 2.46. The molecule has 2 aliphatic carbocycles. The van der Waals surface area contributed by atoms with Crippen LogP contribution < -0.4 is 0 Å². The van der Waals surface area contributed by atoms with Gasteiger partial charge in [0, 0.05) is 0 Å². The van der Waals surface area contributed by atoms with Gasteiger partial charge < -0.3 is 0 Å². The third-order valence-electron chi connectivity index (χ3n) is 3.38. The minimum atomic E-state index is -0.861. The first kappa shape index (κ1) is 6.65. The smallest absolute Gasteiger partial charge is 0.0553 e. The normalized spacial score (nSPS) is 43.7. The minimum Gasteiger partial charge on any atom is -0.0880 e. The molecule has 0 heterocycles. The van der Waals surface area contributed by atoms with E-state index in [-0.39, 0.29) is 0 Å². The number of fused-ring (bicyclic) bond motifs is 1. The maximum atomic E-state index is 2.52. The molecule has 0 aromatic heterocycles. The monoisotopic (exact) mass is 152 g/mol. The average Bonchev–Trinajstić information content (AvgIpc) is 2.36. The lowest BCUT2D eigenvalue weighted by atomic mass is 10.3. The van der Waals surface area contributed by atoms with Gasteiger partial charge in [0.15, 0.2) is 0 Å². The van der Waals surface area contributed by atoms with Crippen molar-refractivity contribution in [2.24, 2.45) is 5.92 Å². The molecule has 0 nitrogen and oxygen atoms in total. The number of hydrogen-bond donors (Lipinski definition) is 0. The second kappa shape index (κ2) is 1.58. The Hall–Kier alpha value is -0.0431. The molecule has 0 aliphatic heterocycles. The maximum Gasteiger partial charge on any atom is 0.0553 e. The summed E-state index contributed by atoms with van der Waals surface area (Å²) in [6.45, 7) is 7.51. The van der Waals surface area contributed by atoms with Crippen LogP contribution >= 0.6 is 0 Å². The van der Waals surface area contributed by atoms with Crippen molar-refractivity contribution in [2.45, 2.75) is 37.5 Å². The average molecular weight is 152 g/mol. The Bertz CT molecular complexity index is 187. The van der Waals surface area contributed by atoms with Gasteiger partial charge in [-0.15, -0.1) is 0 Å². The summed E-state index contributed by atoms with van der Waals surface area (Å²) in [7, 11) is -0.861. The molecule has 2 aliphatic rings. The van der Waals surface area contributed by atoms with Crippen molar-refractivity contribution in [1.82, 2.24) is 0 Å². The minimum absolute atomic E-state index is 0.757. The quantitative estimate of drug-likeness (QED) is 0.400. The molecule has 2 rings (SSSR count). The Morgan fingerprint density at radius 2 is 2.10 bits per heavy atom. The van der Waals surface area contributed by atoms with Gasteiger partial charge in [0.05, 0.1) is 8.07 Å². The van der Waals surface area contributed by atoms with Crippen molar-refractivity contribution < 1.29 is 0 Å². The zero-order valence-electron chi connectivity index (χ0n) is 7.15. The van der Waals surface area contributed by atoms with Gasteiger partial charge in [-0.3, -0.25) is 0 Å². The number of allylic oxidation sites excluding steroid dienone is 2. The van der Waals surface area contributed by atoms with Crippen LogP contribution in [0.1, 0.15) is 12.8 Å². The fraction of sp³-hybridized carbons (Fsp3) is 0.778. The Morgan fingerprint density at radius 1 is 1.40 bits per heavy atom. The van der Waals surface area contributed by atoms with Crippen LogP contribution in [0.15, 0.2) is 12.2 Å². The van der Waals surface area contributed by atoms with E-state index in [0.29, 0.717) is 0 Å². The van der Waals surface area contributed by atoms with Gasteiger partial charge in [-0.25, -0.2) is 0 Å². The molecule has 0 aromatic rings. The van der Waals surface area contributed by atoms with Crippen LogP contribution in [0, 0.1) is 5.92 Å². The molecule has 0 spiro atoms. The zero-order valence-corrected chi connectivity index (χ0v) is 8.15. The molecule has 0 radical (unpaired) electrons. The van der Waals surface area contributed by atoms with E-state index in [2.05, 4.69) is 31.8 Å². The molecule has 1 saturated carbocycles. The van der Waals surface area contributed by atoms with Crippen LogP contribution in [-0.4, -0.2) is 8.07 Å². The Morgan fingerprint density at radius 3 is 2.30 bits per heavy atom. The summed E-state index contributed by atoms with van der Waals surface area (Å²) in [6, 6.07) is 0. The molecule has 0 aromatic carbocycles. The van der Waals surface area contributed by atoms with Crippen LogP contribution in [0.5, 0.6) is 0 Å². The second-order valence-corrected chi connectivity index (χ2v) is 10.3. The van der Waals surface area contributed by atoms with Crippen molar-refractivity contribution in [3.63, 3.8) is 0 Å².